The van der Waals surface area contributed by atoms with Gasteiger partial charge >= 0.3 is 12.1 Å². The van der Waals surface area contributed by atoms with Crippen molar-refractivity contribution in [3.05, 3.63) is 58.3 Å². The van der Waals surface area contributed by atoms with E-state index >= 15 is 0 Å². The molecule has 1 aliphatic carbocycles. The van der Waals surface area contributed by atoms with Crippen LogP contribution in [0.1, 0.15) is 62.7 Å². The molecule has 1 N–H and O–H groups in total. The van der Waals surface area contributed by atoms with Crippen molar-refractivity contribution in [1.82, 2.24) is 9.47 Å². The highest BCUT2D eigenvalue weighted by atomic mass is 19.4. The number of carbonyl (C=O) groups is 2. The Labute approximate surface area is 229 Å². The maximum atomic E-state index is 14.6. The predicted molar refractivity (Wildman–Crippen MR) is 139 cm³/mol. The van der Waals surface area contributed by atoms with E-state index < -0.39 is 52.8 Å². The molecule has 1 amide bonds. The third kappa shape index (κ3) is 5.94. The smallest absolute Gasteiger partial charge is 0.389 e. The van der Waals surface area contributed by atoms with Crippen LogP contribution in [-0.4, -0.2) is 57.9 Å². The first kappa shape index (κ1) is 29.8. The fourth-order valence-corrected chi connectivity index (χ4v) is 6.29. The lowest BCUT2D eigenvalue weighted by molar-refractivity contribution is -0.172. The summed E-state index contributed by atoms with van der Waals surface area (Å²) in [4.78, 5) is 40.5. The Bertz CT molecular complexity index is 1320. The summed E-state index contributed by atoms with van der Waals surface area (Å²) in [5.41, 5.74) is -2.77. The van der Waals surface area contributed by atoms with Crippen LogP contribution in [0.25, 0.3) is 11.1 Å². The standard InChI is InChI=1S/C29H34F4N2O5/c1-3-40-26(38)22-16-35(24(36)14-21(22)20-8-4-5-9-23(20)30)18-28(39)12-13-34(17-27(28)10-6-7-11-27)25(37)19(2)15-29(31,32)33/h4-5,8-9,14,16,19,39H,3,6-7,10-13,15,17-18H2,1-2H3. The number of carbonyl (C=O) groups excluding carboxylic acids is 2. The highest BCUT2D eigenvalue weighted by molar-refractivity contribution is 5.97. The number of amides is 1. The van der Waals surface area contributed by atoms with Gasteiger partial charge in [0.15, 0.2) is 0 Å². The molecule has 1 saturated carbocycles. The Morgan fingerprint density at radius 2 is 1.80 bits per heavy atom. The van der Waals surface area contributed by atoms with Gasteiger partial charge < -0.3 is 19.3 Å². The highest BCUT2D eigenvalue weighted by Crippen LogP contribution is 2.52. The van der Waals surface area contributed by atoms with Crippen LogP contribution >= 0.6 is 0 Å². The number of likely N-dealkylation sites (tertiary alicyclic amines) is 1. The Morgan fingerprint density at radius 1 is 1.12 bits per heavy atom. The Kier molecular flexibility index (Phi) is 8.44. The second kappa shape index (κ2) is 11.3. The number of hydrogen-bond acceptors (Lipinski definition) is 5. The minimum atomic E-state index is -4.47. The number of piperidine rings is 1. The van der Waals surface area contributed by atoms with Crippen molar-refractivity contribution >= 4 is 11.9 Å². The van der Waals surface area contributed by atoms with Crippen molar-refractivity contribution in [2.75, 3.05) is 19.7 Å². The first-order chi connectivity index (χ1) is 18.8. The van der Waals surface area contributed by atoms with Crippen molar-refractivity contribution in [1.29, 1.82) is 0 Å². The summed E-state index contributed by atoms with van der Waals surface area (Å²) in [6.07, 6.45) is -1.78. The van der Waals surface area contributed by atoms with Gasteiger partial charge in [0.25, 0.3) is 5.56 Å². The molecule has 1 saturated heterocycles. The predicted octanol–water partition coefficient (Wildman–Crippen LogP) is 4.94. The molecule has 2 aliphatic rings. The zero-order valence-corrected chi connectivity index (χ0v) is 22.6. The molecule has 2 heterocycles. The highest BCUT2D eigenvalue weighted by Gasteiger charge is 2.56. The second-order valence-corrected chi connectivity index (χ2v) is 11.0. The lowest BCUT2D eigenvalue weighted by Gasteiger charge is -2.52. The first-order valence-corrected chi connectivity index (χ1v) is 13.5. The van der Waals surface area contributed by atoms with Gasteiger partial charge in [-0.2, -0.15) is 13.2 Å². The number of pyridine rings is 1. The average molecular weight is 567 g/mol. The molecule has 7 nitrogen and oxygen atoms in total. The molecule has 2 aromatic rings. The normalized spacial score (nSPS) is 21.4. The van der Waals surface area contributed by atoms with Gasteiger partial charge in [-0.1, -0.05) is 38.0 Å². The molecule has 1 aromatic heterocycles. The van der Waals surface area contributed by atoms with E-state index in [0.717, 1.165) is 18.9 Å². The molecule has 1 spiro atoms. The monoisotopic (exact) mass is 566 g/mol. The molecule has 1 aromatic carbocycles. The lowest BCUT2D eigenvalue weighted by atomic mass is 9.65. The van der Waals surface area contributed by atoms with Gasteiger partial charge in [0.1, 0.15) is 5.82 Å². The van der Waals surface area contributed by atoms with Gasteiger partial charge in [-0.25, -0.2) is 9.18 Å². The van der Waals surface area contributed by atoms with Crippen LogP contribution in [0.4, 0.5) is 17.6 Å². The number of nitrogens with zero attached hydrogens (tertiary/aromatic N) is 2. The number of benzene rings is 1. The Balaban J connectivity index is 1.68. The molecule has 0 bridgehead atoms. The van der Waals surface area contributed by atoms with Crippen molar-refractivity contribution in [3.8, 4) is 11.1 Å². The van der Waals surface area contributed by atoms with Crippen LogP contribution in [0, 0.1) is 17.2 Å². The molecule has 218 valence electrons. The summed E-state index contributed by atoms with van der Waals surface area (Å²) in [6, 6.07) is 6.88. The van der Waals surface area contributed by atoms with Gasteiger partial charge in [0.2, 0.25) is 5.91 Å². The largest absolute Gasteiger partial charge is 0.462 e. The number of ether oxygens (including phenoxy) is 1. The van der Waals surface area contributed by atoms with E-state index in [-0.39, 0.29) is 49.4 Å². The van der Waals surface area contributed by atoms with Crippen LogP contribution in [0.3, 0.4) is 0 Å². The Hall–Kier alpha value is -3.21. The molecular formula is C29H34F4N2O5. The van der Waals surface area contributed by atoms with Gasteiger partial charge in [-0.15, -0.1) is 0 Å². The van der Waals surface area contributed by atoms with Crippen molar-refractivity contribution in [2.45, 2.75) is 70.7 Å². The molecular weight excluding hydrogens is 532 g/mol. The number of hydrogen-bond donors (Lipinski definition) is 1. The molecule has 11 heteroatoms. The molecule has 2 atom stereocenters. The fraction of sp³-hybridized carbons (Fsp3) is 0.552. The number of aromatic nitrogens is 1. The van der Waals surface area contributed by atoms with Crippen LogP contribution in [0.2, 0.25) is 0 Å². The van der Waals surface area contributed by atoms with E-state index in [0.29, 0.717) is 12.8 Å². The zero-order chi connectivity index (χ0) is 29.3. The van der Waals surface area contributed by atoms with Gasteiger partial charge in [-0.05, 0) is 32.3 Å². The first-order valence-electron chi connectivity index (χ1n) is 13.5. The zero-order valence-electron chi connectivity index (χ0n) is 22.6. The number of alkyl halides is 3. The summed E-state index contributed by atoms with van der Waals surface area (Å²) in [5.74, 6) is -3.23. The van der Waals surface area contributed by atoms with Gasteiger partial charge in [0.05, 0.1) is 30.7 Å². The van der Waals surface area contributed by atoms with Crippen LogP contribution in [0.5, 0.6) is 0 Å². The lowest BCUT2D eigenvalue weighted by Crippen LogP contribution is -2.62. The number of esters is 1. The topological polar surface area (TPSA) is 88.8 Å². The van der Waals surface area contributed by atoms with Crippen molar-refractivity contribution in [3.63, 3.8) is 0 Å². The molecule has 1 aliphatic heterocycles. The average Bonchev–Trinajstić information content (AvgIpc) is 3.36. The molecule has 0 radical (unpaired) electrons. The quantitative estimate of drug-likeness (QED) is 0.379. The third-order valence-corrected chi connectivity index (χ3v) is 8.32. The van der Waals surface area contributed by atoms with E-state index in [1.807, 2.05) is 0 Å². The van der Waals surface area contributed by atoms with Crippen molar-refractivity contribution in [2.24, 2.45) is 11.3 Å². The minimum Gasteiger partial charge on any atom is -0.462 e. The van der Waals surface area contributed by atoms with Gasteiger partial charge in [-0.3, -0.25) is 9.59 Å². The van der Waals surface area contributed by atoms with E-state index in [4.69, 9.17) is 4.74 Å². The summed E-state index contributed by atoms with van der Waals surface area (Å²) in [7, 11) is 0. The summed E-state index contributed by atoms with van der Waals surface area (Å²) < 4.78 is 59.8. The third-order valence-electron chi connectivity index (χ3n) is 8.32. The van der Waals surface area contributed by atoms with Crippen LogP contribution in [0.15, 0.2) is 41.3 Å². The fourth-order valence-electron chi connectivity index (χ4n) is 6.29. The summed E-state index contributed by atoms with van der Waals surface area (Å²) in [5, 5.41) is 12.0. The van der Waals surface area contributed by atoms with Crippen molar-refractivity contribution < 1.29 is 37.0 Å². The van der Waals surface area contributed by atoms with Gasteiger partial charge in [0, 0.05) is 47.8 Å². The SMILES string of the molecule is CCOC(=O)c1cn(CC2(O)CCN(C(=O)C(C)CC(F)(F)F)CC23CCCC3)c(=O)cc1-c1ccccc1F. The molecule has 2 unspecified atom stereocenters. The van der Waals surface area contributed by atoms with E-state index in [2.05, 4.69) is 0 Å². The second-order valence-electron chi connectivity index (χ2n) is 11.0. The number of aliphatic hydroxyl groups is 1. The summed E-state index contributed by atoms with van der Waals surface area (Å²) >= 11 is 0. The summed E-state index contributed by atoms with van der Waals surface area (Å²) in [6.45, 7) is 2.84. The van der Waals surface area contributed by atoms with E-state index in [9.17, 15) is 37.1 Å². The maximum absolute atomic E-state index is 14.6. The Morgan fingerprint density at radius 3 is 2.42 bits per heavy atom. The van der Waals surface area contributed by atoms with Crippen LogP contribution in [-0.2, 0) is 16.1 Å². The molecule has 2 fully saturated rings. The number of rotatable bonds is 7. The van der Waals surface area contributed by atoms with E-state index in [1.165, 1.54) is 40.8 Å². The van der Waals surface area contributed by atoms with Crippen LogP contribution < -0.4 is 5.56 Å². The molecule has 40 heavy (non-hydrogen) atoms. The minimum absolute atomic E-state index is 0.0338. The molecule has 4 rings (SSSR count). The number of halogens is 4. The maximum Gasteiger partial charge on any atom is 0.389 e. The van der Waals surface area contributed by atoms with E-state index in [1.54, 1.807) is 13.0 Å².